The van der Waals surface area contributed by atoms with Crippen LogP contribution in [0.4, 0.5) is 10.2 Å². The van der Waals surface area contributed by atoms with Crippen molar-refractivity contribution in [3.8, 4) is 0 Å². The molecule has 0 fully saturated rings. The standard InChI is InChI=1S/C12H9ClFN3O/c13-11-9(6-18)12(17-7-16-11)15-5-8-3-1-2-4-10(8)14/h1-4,6-7H,5H2,(H,15,16,17). The van der Waals surface area contributed by atoms with Gasteiger partial charge in [0, 0.05) is 12.1 Å². The van der Waals surface area contributed by atoms with Crippen molar-refractivity contribution >= 4 is 23.7 Å². The summed E-state index contributed by atoms with van der Waals surface area (Å²) in [5.41, 5.74) is 0.639. The number of hydrogen-bond acceptors (Lipinski definition) is 4. The maximum atomic E-state index is 13.4. The van der Waals surface area contributed by atoms with E-state index in [1.807, 2.05) is 0 Å². The summed E-state index contributed by atoms with van der Waals surface area (Å²) in [6.45, 7) is 0.209. The zero-order chi connectivity index (χ0) is 13.0. The third-order valence-corrected chi connectivity index (χ3v) is 2.66. The third-order valence-electron chi connectivity index (χ3n) is 2.36. The first-order chi connectivity index (χ1) is 8.72. The predicted molar refractivity (Wildman–Crippen MR) is 66.2 cm³/mol. The summed E-state index contributed by atoms with van der Waals surface area (Å²) in [5.74, 6) is -0.0361. The fourth-order valence-electron chi connectivity index (χ4n) is 1.44. The van der Waals surface area contributed by atoms with Gasteiger partial charge in [0.25, 0.3) is 0 Å². The van der Waals surface area contributed by atoms with Gasteiger partial charge in [-0.1, -0.05) is 29.8 Å². The number of aldehydes is 1. The van der Waals surface area contributed by atoms with Crippen LogP contribution >= 0.6 is 11.6 Å². The lowest BCUT2D eigenvalue weighted by Gasteiger charge is -2.08. The van der Waals surface area contributed by atoms with E-state index in [-0.39, 0.29) is 28.9 Å². The van der Waals surface area contributed by atoms with E-state index in [4.69, 9.17) is 11.6 Å². The van der Waals surface area contributed by atoms with E-state index in [1.54, 1.807) is 18.2 Å². The molecule has 2 rings (SSSR count). The summed E-state index contributed by atoms with van der Waals surface area (Å²) in [5, 5.41) is 2.92. The second-order valence-corrected chi connectivity index (χ2v) is 3.85. The van der Waals surface area contributed by atoms with E-state index < -0.39 is 0 Å². The molecule has 0 atom stereocenters. The quantitative estimate of drug-likeness (QED) is 0.682. The van der Waals surface area contributed by atoms with Gasteiger partial charge in [-0.05, 0) is 6.07 Å². The molecule has 92 valence electrons. The number of halogens is 2. The Labute approximate surface area is 108 Å². The van der Waals surface area contributed by atoms with E-state index in [2.05, 4.69) is 15.3 Å². The molecule has 1 aromatic heterocycles. The maximum absolute atomic E-state index is 13.4. The second-order valence-electron chi connectivity index (χ2n) is 3.49. The van der Waals surface area contributed by atoms with Crippen LogP contribution in [-0.4, -0.2) is 16.3 Å². The van der Waals surface area contributed by atoms with Crippen LogP contribution in [0.15, 0.2) is 30.6 Å². The molecule has 0 amide bonds. The number of aromatic nitrogens is 2. The summed E-state index contributed by atoms with van der Waals surface area (Å²) in [6, 6.07) is 6.35. The van der Waals surface area contributed by atoms with Crippen LogP contribution in [0.25, 0.3) is 0 Å². The van der Waals surface area contributed by atoms with Gasteiger partial charge in [-0.2, -0.15) is 0 Å². The predicted octanol–water partition coefficient (Wildman–Crippen LogP) is 2.69. The molecule has 0 bridgehead atoms. The van der Waals surface area contributed by atoms with Crippen molar-refractivity contribution in [1.82, 2.24) is 9.97 Å². The Morgan fingerprint density at radius 2 is 2.11 bits per heavy atom. The Bertz CT molecular complexity index is 577. The Morgan fingerprint density at radius 3 is 2.83 bits per heavy atom. The number of carbonyl (C=O) groups is 1. The fraction of sp³-hybridized carbons (Fsp3) is 0.0833. The van der Waals surface area contributed by atoms with Crippen molar-refractivity contribution in [3.05, 3.63) is 52.7 Å². The Balaban J connectivity index is 2.18. The van der Waals surface area contributed by atoms with Crippen LogP contribution < -0.4 is 5.32 Å². The molecule has 1 aromatic carbocycles. The molecule has 0 aliphatic heterocycles. The van der Waals surface area contributed by atoms with E-state index in [0.717, 1.165) is 0 Å². The molecular weight excluding hydrogens is 257 g/mol. The molecule has 0 saturated carbocycles. The van der Waals surface area contributed by atoms with E-state index >= 15 is 0 Å². The number of hydrogen-bond donors (Lipinski definition) is 1. The van der Waals surface area contributed by atoms with Gasteiger partial charge < -0.3 is 5.32 Å². The number of nitrogens with one attached hydrogen (secondary N) is 1. The van der Waals surface area contributed by atoms with E-state index in [9.17, 15) is 9.18 Å². The molecule has 1 heterocycles. The highest BCUT2D eigenvalue weighted by molar-refractivity contribution is 6.32. The highest BCUT2D eigenvalue weighted by Crippen LogP contribution is 2.18. The molecule has 0 saturated heterocycles. The average molecular weight is 266 g/mol. The second kappa shape index (κ2) is 5.55. The summed E-state index contributed by atoms with van der Waals surface area (Å²) >= 11 is 5.75. The summed E-state index contributed by atoms with van der Waals surface area (Å²) in [7, 11) is 0. The van der Waals surface area contributed by atoms with Gasteiger partial charge in [-0.3, -0.25) is 4.79 Å². The largest absolute Gasteiger partial charge is 0.365 e. The fourth-order valence-corrected chi connectivity index (χ4v) is 1.62. The van der Waals surface area contributed by atoms with Crippen LogP contribution in [0.1, 0.15) is 15.9 Å². The third kappa shape index (κ3) is 2.62. The zero-order valence-electron chi connectivity index (χ0n) is 9.23. The highest BCUT2D eigenvalue weighted by Gasteiger charge is 2.09. The average Bonchev–Trinajstić information content (AvgIpc) is 2.38. The molecule has 0 aliphatic carbocycles. The topological polar surface area (TPSA) is 54.9 Å². The molecule has 0 unspecified atom stereocenters. The first-order valence-electron chi connectivity index (χ1n) is 5.15. The number of benzene rings is 1. The van der Waals surface area contributed by atoms with Gasteiger partial charge in [-0.15, -0.1) is 0 Å². The van der Waals surface area contributed by atoms with Crippen LogP contribution in [-0.2, 0) is 6.54 Å². The lowest BCUT2D eigenvalue weighted by atomic mass is 10.2. The molecule has 0 aliphatic rings. The van der Waals surface area contributed by atoms with Crippen molar-refractivity contribution in [1.29, 1.82) is 0 Å². The van der Waals surface area contributed by atoms with Crippen molar-refractivity contribution in [2.75, 3.05) is 5.32 Å². The molecule has 0 radical (unpaired) electrons. The van der Waals surface area contributed by atoms with Gasteiger partial charge in [0.2, 0.25) is 0 Å². The summed E-state index contributed by atoms with van der Waals surface area (Å²) in [4.78, 5) is 18.4. The van der Waals surface area contributed by atoms with E-state index in [1.165, 1.54) is 12.4 Å². The molecule has 2 aromatic rings. The smallest absolute Gasteiger partial charge is 0.156 e. The Morgan fingerprint density at radius 1 is 1.33 bits per heavy atom. The van der Waals surface area contributed by atoms with Gasteiger partial charge in [0.05, 0.1) is 5.56 Å². The van der Waals surface area contributed by atoms with Gasteiger partial charge in [0.15, 0.2) is 6.29 Å². The highest BCUT2D eigenvalue weighted by atomic mass is 35.5. The molecule has 4 nitrogen and oxygen atoms in total. The van der Waals surface area contributed by atoms with Crippen molar-refractivity contribution in [2.45, 2.75) is 6.54 Å². The number of rotatable bonds is 4. The van der Waals surface area contributed by atoms with Crippen LogP contribution in [0.2, 0.25) is 5.15 Å². The van der Waals surface area contributed by atoms with E-state index in [0.29, 0.717) is 11.8 Å². The van der Waals surface area contributed by atoms with Crippen LogP contribution in [0.5, 0.6) is 0 Å². The number of carbonyl (C=O) groups excluding carboxylic acids is 1. The van der Waals surface area contributed by atoms with Crippen molar-refractivity contribution < 1.29 is 9.18 Å². The normalized spacial score (nSPS) is 10.1. The lowest BCUT2D eigenvalue weighted by Crippen LogP contribution is -2.06. The lowest BCUT2D eigenvalue weighted by molar-refractivity contribution is 0.112. The summed E-state index contributed by atoms with van der Waals surface area (Å²) in [6.07, 6.45) is 1.80. The number of anilines is 1. The van der Waals surface area contributed by atoms with Crippen molar-refractivity contribution in [3.63, 3.8) is 0 Å². The monoisotopic (exact) mass is 265 g/mol. The summed E-state index contributed by atoms with van der Waals surface area (Å²) < 4.78 is 13.4. The first kappa shape index (κ1) is 12.4. The Hall–Kier alpha value is -2.01. The minimum atomic E-state index is -0.321. The molecule has 1 N–H and O–H groups in total. The molecule has 18 heavy (non-hydrogen) atoms. The van der Waals surface area contributed by atoms with Crippen LogP contribution in [0, 0.1) is 5.82 Å². The molecule has 0 spiro atoms. The first-order valence-corrected chi connectivity index (χ1v) is 5.53. The van der Waals surface area contributed by atoms with Crippen LogP contribution in [0.3, 0.4) is 0 Å². The zero-order valence-corrected chi connectivity index (χ0v) is 9.99. The van der Waals surface area contributed by atoms with Crippen molar-refractivity contribution in [2.24, 2.45) is 0 Å². The molecular formula is C12H9ClFN3O. The maximum Gasteiger partial charge on any atom is 0.156 e. The minimum absolute atomic E-state index is 0.0658. The minimum Gasteiger partial charge on any atom is -0.365 e. The van der Waals surface area contributed by atoms with Gasteiger partial charge >= 0.3 is 0 Å². The SMILES string of the molecule is O=Cc1c(Cl)ncnc1NCc1ccccc1F. The Kier molecular flexibility index (Phi) is 3.84. The van der Waals surface area contributed by atoms with Gasteiger partial charge in [-0.25, -0.2) is 14.4 Å². The number of nitrogens with zero attached hydrogens (tertiary/aromatic N) is 2. The van der Waals surface area contributed by atoms with Gasteiger partial charge in [0.1, 0.15) is 23.1 Å². The molecule has 6 heteroatoms.